The van der Waals surface area contributed by atoms with Crippen LogP contribution >= 0.6 is 0 Å². The first-order valence-corrected chi connectivity index (χ1v) is 9.26. The molecule has 0 amide bonds. The Kier molecular flexibility index (Phi) is 6.07. The third kappa shape index (κ3) is 4.55. The van der Waals surface area contributed by atoms with Crippen LogP contribution in [0.3, 0.4) is 0 Å². The third-order valence-electron chi connectivity index (χ3n) is 3.89. The zero-order valence-corrected chi connectivity index (χ0v) is 13.0. The lowest BCUT2D eigenvalue weighted by atomic mass is 10.2. The second-order valence-corrected chi connectivity index (χ2v) is 11.6. The Morgan fingerprint density at radius 2 is 1.81 bits per heavy atom. The molecule has 0 bridgehead atoms. The van der Waals surface area contributed by atoms with Gasteiger partial charge in [0.2, 0.25) is 0 Å². The van der Waals surface area contributed by atoms with Crippen LogP contribution in [-0.2, 0) is 0 Å². The highest BCUT2D eigenvalue weighted by molar-refractivity contribution is 6.86. The molecule has 16 heavy (non-hydrogen) atoms. The fraction of sp³-hybridized carbons (Fsp3) is 0.667. The van der Waals surface area contributed by atoms with Crippen molar-refractivity contribution in [2.75, 3.05) is 0 Å². The fourth-order valence-electron chi connectivity index (χ4n) is 1.33. The molecule has 0 aromatic rings. The highest BCUT2D eigenvalue weighted by Crippen LogP contribution is 2.39. The molecule has 0 fully saturated rings. The quantitative estimate of drug-likeness (QED) is 0.256. The highest BCUT2D eigenvalue weighted by atomic mass is 28.3. The van der Waals surface area contributed by atoms with E-state index < -0.39 is 8.07 Å². The number of unbranched alkanes of at least 4 members (excludes halogenated alkanes) is 2. The summed E-state index contributed by atoms with van der Waals surface area (Å²) >= 11 is 0. The normalized spacial score (nSPS) is 11.9. The van der Waals surface area contributed by atoms with Gasteiger partial charge in [-0.15, -0.1) is 12.3 Å². The molecule has 0 saturated carbocycles. The van der Waals surface area contributed by atoms with Crippen molar-refractivity contribution in [3.8, 4) is 0 Å². The zero-order valence-electron chi connectivity index (χ0n) is 12.0. The van der Waals surface area contributed by atoms with Crippen LogP contribution in [0.4, 0.5) is 0 Å². The summed E-state index contributed by atoms with van der Waals surface area (Å²) < 4.78 is 0. The predicted molar refractivity (Wildman–Crippen MR) is 78.5 cm³/mol. The maximum absolute atomic E-state index is 3.73. The highest BCUT2D eigenvalue weighted by Gasteiger charge is 2.36. The topological polar surface area (TPSA) is 0 Å². The van der Waals surface area contributed by atoms with Crippen LogP contribution in [0.5, 0.6) is 0 Å². The lowest BCUT2D eigenvalue weighted by molar-refractivity contribution is 0.725. The van der Waals surface area contributed by atoms with Crippen LogP contribution in [-0.4, -0.2) is 8.07 Å². The Labute approximate surface area is 103 Å². The second-order valence-electron chi connectivity index (χ2n) is 6.07. The van der Waals surface area contributed by atoms with E-state index in [2.05, 4.69) is 59.2 Å². The Morgan fingerprint density at radius 3 is 2.25 bits per heavy atom. The van der Waals surface area contributed by atoms with E-state index in [1.807, 2.05) is 6.08 Å². The van der Waals surface area contributed by atoms with E-state index in [9.17, 15) is 0 Å². The largest absolute Gasteiger partial charge is 0.131 e. The van der Waals surface area contributed by atoms with Gasteiger partial charge in [-0.25, -0.2) is 0 Å². The van der Waals surface area contributed by atoms with Gasteiger partial charge in [0.25, 0.3) is 0 Å². The molecule has 0 unspecified atom stereocenters. The van der Waals surface area contributed by atoms with Crippen molar-refractivity contribution in [1.29, 1.82) is 0 Å². The van der Waals surface area contributed by atoms with Crippen LogP contribution in [0.2, 0.25) is 18.1 Å². The molecule has 0 aromatic heterocycles. The van der Waals surface area contributed by atoms with Crippen LogP contribution in [0.1, 0.15) is 47.0 Å². The van der Waals surface area contributed by atoms with Crippen LogP contribution in [0.15, 0.2) is 29.7 Å². The van der Waals surface area contributed by atoms with Crippen LogP contribution in [0.25, 0.3) is 0 Å². The van der Waals surface area contributed by atoms with Crippen molar-refractivity contribution in [2.45, 2.75) is 65.1 Å². The summed E-state index contributed by atoms with van der Waals surface area (Å²) in [6.45, 7) is 17.9. The minimum atomic E-state index is -1.32. The van der Waals surface area contributed by atoms with E-state index >= 15 is 0 Å². The first-order chi connectivity index (χ1) is 7.23. The smallest absolute Gasteiger partial charge is 0.0902 e. The van der Waals surface area contributed by atoms with Crippen molar-refractivity contribution in [2.24, 2.45) is 0 Å². The second kappa shape index (κ2) is 6.27. The number of hydrogen-bond donors (Lipinski definition) is 0. The zero-order chi connectivity index (χ0) is 12.8. The Bertz CT molecular complexity index is 283. The SMILES string of the molecule is C=CCCCC=C=C(C)[Si](C)(C)C(C)(C)C. The maximum Gasteiger partial charge on any atom is 0.0902 e. The van der Waals surface area contributed by atoms with Crippen molar-refractivity contribution >= 4 is 8.07 Å². The molecule has 0 rings (SSSR count). The molecule has 0 nitrogen and oxygen atoms in total. The Hall–Kier alpha value is -0.523. The van der Waals surface area contributed by atoms with Gasteiger partial charge in [0.1, 0.15) is 0 Å². The first-order valence-electron chi connectivity index (χ1n) is 6.26. The van der Waals surface area contributed by atoms with Gasteiger partial charge in [0.05, 0.1) is 8.07 Å². The molecule has 92 valence electrons. The molecular weight excluding hydrogens is 208 g/mol. The Balaban J connectivity index is 4.59. The molecule has 0 aliphatic carbocycles. The molecule has 0 saturated heterocycles. The summed E-state index contributed by atoms with van der Waals surface area (Å²) in [5, 5.41) is 1.90. The molecule has 0 aliphatic heterocycles. The summed E-state index contributed by atoms with van der Waals surface area (Å²) in [6, 6.07) is 0. The summed E-state index contributed by atoms with van der Waals surface area (Å²) in [5.41, 5.74) is 3.51. The monoisotopic (exact) mass is 236 g/mol. The number of allylic oxidation sites excluding steroid dienone is 2. The van der Waals surface area contributed by atoms with E-state index in [-0.39, 0.29) is 0 Å². The van der Waals surface area contributed by atoms with Crippen molar-refractivity contribution in [1.82, 2.24) is 0 Å². The lowest BCUT2D eigenvalue weighted by Crippen LogP contribution is -2.38. The fourth-order valence-corrected chi connectivity index (χ4v) is 2.92. The summed E-state index contributed by atoms with van der Waals surface area (Å²) in [5.74, 6) is 0. The molecule has 0 heterocycles. The third-order valence-corrected chi connectivity index (χ3v) is 9.66. The van der Waals surface area contributed by atoms with E-state index in [1.54, 1.807) is 0 Å². The Morgan fingerprint density at radius 1 is 1.25 bits per heavy atom. The van der Waals surface area contributed by atoms with Gasteiger partial charge in [-0.2, -0.15) is 0 Å². The average molecular weight is 236 g/mol. The minimum Gasteiger partial charge on any atom is -0.131 e. The van der Waals surface area contributed by atoms with Gasteiger partial charge < -0.3 is 0 Å². The molecule has 0 aromatic carbocycles. The van der Waals surface area contributed by atoms with Gasteiger partial charge in [0, 0.05) is 0 Å². The van der Waals surface area contributed by atoms with Crippen LogP contribution in [0, 0.1) is 0 Å². The summed E-state index contributed by atoms with van der Waals surface area (Å²) in [7, 11) is -1.32. The van der Waals surface area contributed by atoms with Crippen LogP contribution < -0.4 is 0 Å². The van der Waals surface area contributed by atoms with Gasteiger partial charge >= 0.3 is 0 Å². The van der Waals surface area contributed by atoms with Gasteiger partial charge in [-0.05, 0) is 42.5 Å². The minimum absolute atomic E-state index is 0.416. The summed E-state index contributed by atoms with van der Waals surface area (Å²) in [4.78, 5) is 0. The van der Waals surface area contributed by atoms with Gasteiger partial charge in [-0.1, -0.05) is 39.9 Å². The summed E-state index contributed by atoms with van der Waals surface area (Å²) in [6.07, 6.45) is 7.62. The molecule has 0 spiro atoms. The standard InChI is InChI=1S/C15H28Si/c1-8-9-10-11-12-13-14(2)16(6,7)15(3,4)5/h8,12H,1,9-11H2,2-7H3. The lowest BCUT2D eigenvalue weighted by Gasteiger charge is -2.36. The molecule has 0 radical (unpaired) electrons. The van der Waals surface area contributed by atoms with Gasteiger partial charge in [-0.3, -0.25) is 0 Å². The predicted octanol–water partition coefficient (Wildman–Crippen LogP) is 5.49. The van der Waals surface area contributed by atoms with E-state index in [4.69, 9.17) is 0 Å². The number of rotatable bonds is 5. The molecule has 0 aliphatic rings. The molecule has 0 N–H and O–H groups in total. The average Bonchev–Trinajstić information content (AvgIpc) is 2.15. The van der Waals surface area contributed by atoms with E-state index in [0.29, 0.717) is 5.04 Å². The maximum atomic E-state index is 3.73. The van der Waals surface area contributed by atoms with Gasteiger partial charge in [0.15, 0.2) is 0 Å². The van der Waals surface area contributed by atoms with Crippen molar-refractivity contribution in [3.05, 3.63) is 29.7 Å². The first kappa shape index (κ1) is 15.5. The molecular formula is C15H28Si. The van der Waals surface area contributed by atoms with E-state index in [0.717, 1.165) is 12.8 Å². The van der Waals surface area contributed by atoms with Crippen molar-refractivity contribution < 1.29 is 0 Å². The van der Waals surface area contributed by atoms with E-state index in [1.165, 1.54) is 11.6 Å². The molecule has 0 atom stereocenters. The van der Waals surface area contributed by atoms with Crippen molar-refractivity contribution in [3.63, 3.8) is 0 Å². The molecule has 1 heteroatoms. The number of hydrogen-bond acceptors (Lipinski definition) is 0.